The minimum atomic E-state index is -0.0721. The topological polar surface area (TPSA) is 26.3 Å². The average molecular weight is 238 g/mol. The van der Waals surface area contributed by atoms with Gasteiger partial charge < -0.3 is 4.74 Å². The summed E-state index contributed by atoms with van der Waals surface area (Å²) >= 11 is 0. The zero-order valence-corrected chi connectivity index (χ0v) is 11.3. The molecule has 0 bridgehead atoms. The Morgan fingerprint density at radius 3 is 2.47 bits per heavy atom. The Morgan fingerprint density at radius 1 is 1.18 bits per heavy atom. The Bertz CT molecular complexity index is 258. The van der Waals surface area contributed by atoms with Crippen LogP contribution in [0.5, 0.6) is 0 Å². The van der Waals surface area contributed by atoms with E-state index in [-0.39, 0.29) is 6.10 Å². The second kappa shape index (κ2) is 5.99. The van der Waals surface area contributed by atoms with Crippen LogP contribution < -0.4 is 0 Å². The van der Waals surface area contributed by atoms with E-state index >= 15 is 0 Å². The molecule has 2 heteroatoms. The Hall–Kier alpha value is -0.370. The number of rotatable bonds is 6. The van der Waals surface area contributed by atoms with Crippen LogP contribution in [-0.2, 0) is 9.53 Å². The summed E-state index contributed by atoms with van der Waals surface area (Å²) in [4.78, 5) is 12.6. The Balaban J connectivity index is 1.99. The molecule has 0 N–H and O–H groups in total. The Morgan fingerprint density at radius 2 is 1.88 bits per heavy atom. The highest BCUT2D eigenvalue weighted by Crippen LogP contribution is 2.40. The van der Waals surface area contributed by atoms with E-state index in [1.165, 1.54) is 32.1 Å². The van der Waals surface area contributed by atoms with Crippen molar-refractivity contribution in [3.05, 3.63) is 0 Å². The molecule has 0 aromatic heterocycles. The summed E-state index contributed by atoms with van der Waals surface area (Å²) in [6.45, 7) is 4.90. The fourth-order valence-electron chi connectivity index (χ4n) is 3.31. The molecule has 2 fully saturated rings. The SMILES string of the molecule is CCOC(C(=O)C1CCCCC1CC)C1CC1. The van der Waals surface area contributed by atoms with Crippen LogP contribution in [0, 0.1) is 17.8 Å². The third-order valence-corrected chi connectivity index (χ3v) is 4.48. The van der Waals surface area contributed by atoms with Crippen molar-refractivity contribution in [3.63, 3.8) is 0 Å². The molecule has 0 amide bonds. The summed E-state index contributed by atoms with van der Waals surface area (Å²) in [6, 6.07) is 0. The van der Waals surface area contributed by atoms with Crippen LogP contribution in [0.25, 0.3) is 0 Å². The summed E-state index contributed by atoms with van der Waals surface area (Å²) in [5, 5.41) is 0. The van der Waals surface area contributed by atoms with Gasteiger partial charge in [-0.25, -0.2) is 0 Å². The van der Waals surface area contributed by atoms with Gasteiger partial charge >= 0.3 is 0 Å². The molecule has 0 spiro atoms. The smallest absolute Gasteiger partial charge is 0.165 e. The van der Waals surface area contributed by atoms with E-state index in [1.807, 2.05) is 6.92 Å². The lowest BCUT2D eigenvalue weighted by atomic mass is 9.74. The van der Waals surface area contributed by atoms with Gasteiger partial charge in [0.2, 0.25) is 0 Å². The fourth-order valence-corrected chi connectivity index (χ4v) is 3.31. The zero-order valence-electron chi connectivity index (χ0n) is 11.3. The largest absolute Gasteiger partial charge is 0.370 e. The van der Waals surface area contributed by atoms with Crippen LogP contribution in [-0.4, -0.2) is 18.5 Å². The highest BCUT2D eigenvalue weighted by atomic mass is 16.5. The summed E-state index contributed by atoms with van der Waals surface area (Å²) in [5.74, 6) is 1.90. The van der Waals surface area contributed by atoms with E-state index < -0.39 is 0 Å². The second-order valence-corrected chi connectivity index (χ2v) is 5.68. The van der Waals surface area contributed by atoms with Crippen LogP contribution in [0.4, 0.5) is 0 Å². The van der Waals surface area contributed by atoms with Crippen molar-refractivity contribution in [2.45, 2.75) is 64.9 Å². The fraction of sp³-hybridized carbons (Fsp3) is 0.933. The van der Waals surface area contributed by atoms with Crippen LogP contribution in [0.3, 0.4) is 0 Å². The van der Waals surface area contributed by atoms with Gasteiger partial charge in [0.15, 0.2) is 5.78 Å². The van der Waals surface area contributed by atoms with Crippen molar-refractivity contribution in [2.75, 3.05) is 6.61 Å². The van der Waals surface area contributed by atoms with Crippen LogP contribution in [0.1, 0.15) is 58.8 Å². The quantitative estimate of drug-likeness (QED) is 0.707. The molecule has 0 saturated heterocycles. The van der Waals surface area contributed by atoms with E-state index in [9.17, 15) is 4.79 Å². The molecular formula is C15H26O2. The maximum Gasteiger partial charge on any atom is 0.165 e. The normalized spacial score (nSPS) is 31.2. The predicted octanol–water partition coefficient (Wildman–Crippen LogP) is 3.59. The van der Waals surface area contributed by atoms with Crippen molar-refractivity contribution in [2.24, 2.45) is 17.8 Å². The maximum absolute atomic E-state index is 12.6. The second-order valence-electron chi connectivity index (χ2n) is 5.68. The van der Waals surface area contributed by atoms with E-state index in [2.05, 4.69) is 6.92 Å². The molecule has 17 heavy (non-hydrogen) atoms. The van der Waals surface area contributed by atoms with Crippen molar-refractivity contribution in [1.82, 2.24) is 0 Å². The molecule has 0 aromatic carbocycles. The van der Waals surface area contributed by atoms with Gasteiger partial charge in [-0.2, -0.15) is 0 Å². The molecule has 2 rings (SSSR count). The Kier molecular flexibility index (Phi) is 4.61. The number of ketones is 1. The van der Waals surface area contributed by atoms with Gasteiger partial charge in [-0.15, -0.1) is 0 Å². The first-order valence-corrected chi connectivity index (χ1v) is 7.43. The molecule has 98 valence electrons. The number of carbonyl (C=O) groups excluding carboxylic acids is 1. The number of ether oxygens (including phenoxy) is 1. The molecule has 0 aromatic rings. The Labute approximate surface area is 105 Å². The van der Waals surface area contributed by atoms with E-state index in [0.29, 0.717) is 30.1 Å². The maximum atomic E-state index is 12.6. The zero-order chi connectivity index (χ0) is 12.3. The van der Waals surface area contributed by atoms with Gasteiger partial charge in [-0.05, 0) is 44.4 Å². The summed E-state index contributed by atoms with van der Waals surface area (Å²) < 4.78 is 5.72. The lowest BCUT2D eigenvalue weighted by Gasteiger charge is -2.32. The summed E-state index contributed by atoms with van der Waals surface area (Å²) in [5.41, 5.74) is 0. The molecular weight excluding hydrogens is 212 g/mol. The molecule has 2 aliphatic rings. The van der Waals surface area contributed by atoms with Gasteiger partial charge in [-0.3, -0.25) is 4.79 Å². The highest BCUT2D eigenvalue weighted by molar-refractivity contribution is 5.86. The van der Waals surface area contributed by atoms with Gasteiger partial charge in [0.1, 0.15) is 6.10 Å². The average Bonchev–Trinajstić information content (AvgIpc) is 3.19. The number of carbonyl (C=O) groups is 1. The van der Waals surface area contributed by atoms with Crippen LogP contribution >= 0.6 is 0 Å². The lowest BCUT2D eigenvalue weighted by molar-refractivity contribution is -0.138. The molecule has 2 aliphatic carbocycles. The molecule has 2 nitrogen and oxygen atoms in total. The molecule has 0 radical (unpaired) electrons. The first-order valence-electron chi connectivity index (χ1n) is 7.43. The first-order chi connectivity index (χ1) is 8.27. The van der Waals surface area contributed by atoms with E-state index in [4.69, 9.17) is 4.74 Å². The van der Waals surface area contributed by atoms with Gasteiger partial charge in [-0.1, -0.05) is 26.2 Å². The number of Topliss-reactive ketones (excluding diaryl/α,β-unsaturated/α-hetero) is 1. The third-order valence-electron chi connectivity index (χ3n) is 4.48. The highest BCUT2D eigenvalue weighted by Gasteiger charge is 2.41. The molecule has 3 unspecified atom stereocenters. The van der Waals surface area contributed by atoms with E-state index in [1.54, 1.807) is 0 Å². The molecule has 3 atom stereocenters. The van der Waals surface area contributed by atoms with Gasteiger partial charge in [0, 0.05) is 12.5 Å². The van der Waals surface area contributed by atoms with Crippen molar-refractivity contribution < 1.29 is 9.53 Å². The summed E-state index contributed by atoms with van der Waals surface area (Å²) in [7, 11) is 0. The molecule has 0 aliphatic heterocycles. The van der Waals surface area contributed by atoms with Crippen LogP contribution in [0.15, 0.2) is 0 Å². The summed E-state index contributed by atoms with van der Waals surface area (Å²) in [6.07, 6.45) is 8.36. The minimum Gasteiger partial charge on any atom is -0.370 e. The van der Waals surface area contributed by atoms with E-state index in [0.717, 1.165) is 12.8 Å². The van der Waals surface area contributed by atoms with Crippen molar-refractivity contribution in [1.29, 1.82) is 0 Å². The third kappa shape index (κ3) is 3.09. The van der Waals surface area contributed by atoms with Gasteiger partial charge in [0.25, 0.3) is 0 Å². The van der Waals surface area contributed by atoms with Crippen molar-refractivity contribution >= 4 is 5.78 Å². The monoisotopic (exact) mass is 238 g/mol. The number of hydrogen-bond donors (Lipinski definition) is 0. The van der Waals surface area contributed by atoms with Gasteiger partial charge in [0.05, 0.1) is 0 Å². The molecule has 2 saturated carbocycles. The first kappa shape index (κ1) is 13.1. The standard InChI is InChI=1S/C15H26O2/c1-3-11-7-5-6-8-13(11)14(16)15(17-4-2)12-9-10-12/h11-13,15H,3-10H2,1-2H3. The predicted molar refractivity (Wildman–Crippen MR) is 68.9 cm³/mol. The lowest BCUT2D eigenvalue weighted by Crippen LogP contribution is -2.37. The van der Waals surface area contributed by atoms with Crippen molar-refractivity contribution in [3.8, 4) is 0 Å². The molecule has 0 heterocycles. The van der Waals surface area contributed by atoms with Crippen LogP contribution in [0.2, 0.25) is 0 Å². The minimum absolute atomic E-state index is 0.0721. The number of hydrogen-bond acceptors (Lipinski definition) is 2.